The van der Waals surface area contributed by atoms with Crippen molar-refractivity contribution in [2.45, 2.75) is 13.0 Å². The van der Waals surface area contributed by atoms with Gasteiger partial charge in [0.15, 0.2) is 11.4 Å². The summed E-state index contributed by atoms with van der Waals surface area (Å²) in [5.74, 6) is -1.25. The minimum atomic E-state index is -1.08. The summed E-state index contributed by atoms with van der Waals surface area (Å²) in [5.41, 5.74) is 2.59. The molecule has 3 aromatic carbocycles. The molecule has 0 saturated heterocycles. The number of nitrogens with zero attached hydrogens (tertiary/aromatic N) is 2. The van der Waals surface area contributed by atoms with Crippen molar-refractivity contribution in [1.82, 2.24) is 4.57 Å². The van der Waals surface area contributed by atoms with Crippen molar-refractivity contribution in [3.8, 4) is 5.75 Å². The van der Waals surface area contributed by atoms with Gasteiger partial charge in [0.05, 0.1) is 28.5 Å². The fourth-order valence-corrected chi connectivity index (χ4v) is 5.38. The zero-order valence-electron chi connectivity index (χ0n) is 20.9. The van der Waals surface area contributed by atoms with Crippen LogP contribution in [0.2, 0.25) is 0 Å². The van der Waals surface area contributed by atoms with E-state index in [1.165, 1.54) is 15.9 Å². The van der Waals surface area contributed by atoms with Crippen molar-refractivity contribution >= 4 is 35.0 Å². The van der Waals surface area contributed by atoms with E-state index in [1.807, 2.05) is 60.7 Å². The van der Waals surface area contributed by atoms with Crippen molar-refractivity contribution < 1.29 is 24.2 Å². The molecule has 4 aromatic rings. The summed E-state index contributed by atoms with van der Waals surface area (Å²) < 4.78 is 12.7. The molecule has 0 radical (unpaired) electrons. The molecule has 1 aromatic heterocycles. The molecule has 1 aliphatic rings. The minimum Gasteiger partial charge on any atom is -0.482 e. The summed E-state index contributed by atoms with van der Waals surface area (Å²) in [6.45, 7) is 1.44. The van der Waals surface area contributed by atoms with E-state index in [0.29, 0.717) is 26.3 Å². The van der Waals surface area contributed by atoms with Crippen LogP contribution in [0.1, 0.15) is 29.7 Å². The van der Waals surface area contributed by atoms with E-state index in [-0.39, 0.29) is 17.7 Å². The zero-order valence-corrected chi connectivity index (χ0v) is 21.8. The van der Waals surface area contributed by atoms with Crippen molar-refractivity contribution in [3.05, 3.63) is 127 Å². The molecule has 0 bridgehead atoms. The summed E-state index contributed by atoms with van der Waals surface area (Å²) in [7, 11) is 0. The van der Waals surface area contributed by atoms with Crippen LogP contribution in [0.25, 0.3) is 11.8 Å². The van der Waals surface area contributed by atoms with Gasteiger partial charge in [-0.1, -0.05) is 84.1 Å². The summed E-state index contributed by atoms with van der Waals surface area (Å²) in [6, 6.07) is 24.8. The molecule has 0 fully saturated rings. The Kier molecular flexibility index (Phi) is 7.51. The molecule has 0 aliphatic carbocycles. The SMILES string of the molecule is CCOC(=O)C1=C(c2ccccc2)N=c2s/c(=C/c3cccc(OCC(=O)O)c3)c(=O)n2C1c1ccccc1. The first-order valence-electron chi connectivity index (χ1n) is 12.2. The van der Waals surface area contributed by atoms with E-state index in [9.17, 15) is 14.4 Å². The average Bonchev–Trinajstić information content (AvgIpc) is 3.26. The number of aromatic nitrogens is 1. The molecule has 1 N–H and O–H groups in total. The van der Waals surface area contributed by atoms with Gasteiger partial charge in [0, 0.05) is 5.56 Å². The van der Waals surface area contributed by atoms with E-state index in [4.69, 9.17) is 19.6 Å². The molecule has 2 heterocycles. The molecule has 8 nitrogen and oxygen atoms in total. The summed E-state index contributed by atoms with van der Waals surface area (Å²) in [6.07, 6.45) is 1.70. The topological polar surface area (TPSA) is 107 Å². The first-order chi connectivity index (χ1) is 19.0. The number of benzene rings is 3. The number of hydrogen-bond donors (Lipinski definition) is 1. The molecular weight excluding hydrogens is 516 g/mol. The Labute approximate surface area is 227 Å². The van der Waals surface area contributed by atoms with Crippen LogP contribution in [0.3, 0.4) is 0 Å². The number of aliphatic carboxylic acids is 1. The van der Waals surface area contributed by atoms with Crippen LogP contribution in [-0.4, -0.2) is 34.8 Å². The summed E-state index contributed by atoms with van der Waals surface area (Å²) in [5, 5.41) is 8.90. The quantitative estimate of drug-likeness (QED) is 0.344. The van der Waals surface area contributed by atoms with Gasteiger partial charge in [-0.05, 0) is 36.3 Å². The van der Waals surface area contributed by atoms with Crippen molar-refractivity contribution in [2.75, 3.05) is 13.2 Å². The van der Waals surface area contributed by atoms with Gasteiger partial charge < -0.3 is 14.6 Å². The number of carboxylic acids is 1. The zero-order chi connectivity index (χ0) is 27.4. The molecule has 0 spiro atoms. The second kappa shape index (κ2) is 11.3. The molecule has 0 amide bonds. The van der Waals surface area contributed by atoms with Crippen LogP contribution in [0.4, 0.5) is 0 Å². The van der Waals surface area contributed by atoms with Gasteiger partial charge in [-0.3, -0.25) is 9.36 Å². The first kappa shape index (κ1) is 25.9. The number of carbonyl (C=O) groups excluding carboxylic acids is 1. The van der Waals surface area contributed by atoms with Crippen LogP contribution in [0, 0.1) is 0 Å². The lowest BCUT2D eigenvalue weighted by molar-refractivity contribution is -0.140. The van der Waals surface area contributed by atoms with Crippen molar-refractivity contribution in [1.29, 1.82) is 0 Å². The average molecular weight is 541 g/mol. The second-order valence-corrected chi connectivity index (χ2v) is 9.61. The Hall–Kier alpha value is -4.76. The number of rotatable bonds is 8. The molecule has 1 unspecified atom stereocenters. The highest BCUT2D eigenvalue weighted by Crippen LogP contribution is 2.35. The molecule has 1 atom stereocenters. The molecule has 0 saturated carbocycles. The highest BCUT2D eigenvalue weighted by Gasteiger charge is 2.35. The predicted octanol–water partition coefficient (Wildman–Crippen LogP) is 3.40. The Morgan fingerprint density at radius 3 is 2.44 bits per heavy atom. The third kappa shape index (κ3) is 5.44. The number of thiazole rings is 1. The molecular formula is C30H24N2O6S. The van der Waals surface area contributed by atoms with Crippen LogP contribution >= 0.6 is 11.3 Å². The Bertz CT molecular complexity index is 1740. The normalized spacial score (nSPS) is 14.9. The maximum absolute atomic E-state index is 13.9. The monoisotopic (exact) mass is 540 g/mol. The first-order valence-corrected chi connectivity index (χ1v) is 13.1. The minimum absolute atomic E-state index is 0.177. The lowest BCUT2D eigenvalue weighted by atomic mass is 9.93. The van der Waals surface area contributed by atoms with Crippen LogP contribution in [0.15, 0.2) is 100 Å². The van der Waals surface area contributed by atoms with Gasteiger partial charge in [-0.2, -0.15) is 0 Å². The van der Waals surface area contributed by atoms with Gasteiger partial charge in [0.25, 0.3) is 5.56 Å². The summed E-state index contributed by atoms with van der Waals surface area (Å²) in [4.78, 5) is 43.4. The van der Waals surface area contributed by atoms with E-state index >= 15 is 0 Å². The highest BCUT2D eigenvalue weighted by molar-refractivity contribution is 7.07. The number of ether oxygens (including phenoxy) is 2. The van der Waals surface area contributed by atoms with Crippen molar-refractivity contribution in [3.63, 3.8) is 0 Å². The Balaban J connectivity index is 1.73. The predicted molar refractivity (Wildman–Crippen MR) is 147 cm³/mol. The van der Waals surface area contributed by atoms with Gasteiger partial charge >= 0.3 is 11.9 Å². The number of fused-ring (bicyclic) bond motifs is 1. The van der Waals surface area contributed by atoms with Gasteiger partial charge in [0.1, 0.15) is 5.75 Å². The van der Waals surface area contributed by atoms with E-state index in [1.54, 1.807) is 37.3 Å². The largest absolute Gasteiger partial charge is 0.482 e. The lowest BCUT2D eigenvalue weighted by Crippen LogP contribution is -2.39. The van der Waals surface area contributed by atoms with Crippen molar-refractivity contribution in [2.24, 2.45) is 4.99 Å². The molecule has 9 heteroatoms. The maximum atomic E-state index is 13.9. The third-order valence-electron chi connectivity index (χ3n) is 6.01. The fraction of sp³-hybridized carbons (Fsp3) is 0.133. The highest BCUT2D eigenvalue weighted by atomic mass is 32.1. The maximum Gasteiger partial charge on any atom is 0.341 e. The Morgan fingerprint density at radius 1 is 1.03 bits per heavy atom. The standard InChI is InChI=1S/C30H24N2O6S/c1-2-37-29(36)25-26(20-11-5-3-6-12-20)31-30-32(27(25)21-13-7-4-8-14-21)28(35)23(39-30)17-19-10-9-15-22(16-19)38-18-24(33)34/h3-17,27H,2,18H2,1H3,(H,33,34)/b23-17+. The molecule has 5 rings (SSSR count). The Morgan fingerprint density at radius 2 is 1.74 bits per heavy atom. The van der Waals surface area contributed by atoms with Gasteiger partial charge in [-0.25, -0.2) is 14.6 Å². The van der Waals surface area contributed by atoms with Crippen LogP contribution in [0.5, 0.6) is 5.75 Å². The van der Waals surface area contributed by atoms with E-state index in [0.717, 1.165) is 11.1 Å². The smallest absolute Gasteiger partial charge is 0.341 e. The summed E-state index contributed by atoms with van der Waals surface area (Å²) >= 11 is 1.21. The molecule has 39 heavy (non-hydrogen) atoms. The number of carbonyl (C=O) groups is 2. The number of carboxylic acid groups (broad SMARTS) is 1. The van der Waals surface area contributed by atoms with Crippen LogP contribution < -0.4 is 19.6 Å². The number of hydrogen-bond acceptors (Lipinski definition) is 7. The fourth-order valence-electron chi connectivity index (χ4n) is 4.38. The van der Waals surface area contributed by atoms with E-state index in [2.05, 4.69) is 0 Å². The van der Waals surface area contributed by atoms with E-state index < -0.39 is 24.6 Å². The van der Waals surface area contributed by atoms with Gasteiger partial charge in [0.2, 0.25) is 0 Å². The van der Waals surface area contributed by atoms with Crippen LogP contribution in [-0.2, 0) is 14.3 Å². The third-order valence-corrected chi connectivity index (χ3v) is 6.99. The lowest BCUT2D eigenvalue weighted by Gasteiger charge is -2.25. The molecule has 1 aliphatic heterocycles. The molecule has 196 valence electrons. The second-order valence-electron chi connectivity index (χ2n) is 8.60. The number of esters is 1. The van der Waals surface area contributed by atoms with Gasteiger partial charge in [-0.15, -0.1) is 0 Å².